The number of carbonyl (C=O) groups excluding carboxylic acids is 1. The number of hydrogen-bond donors (Lipinski definition) is 0. The molecular weight excluding hydrogens is 356 g/mol. The van der Waals surface area contributed by atoms with Gasteiger partial charge in [-0.3, -0.25) is 4.79 Å². The summed E-state index contributed by atoms with van der Waals surface area (Å²) in [7, 11) is 3.19. The second kappa shape index (κ2) is 7.38. The van der Waals surface area contributed by atoms with Crippen LogP contribution < -0.4 is 14.4 Å². The van der Waals surface area contributed by atoms with Crippen LogP contribution in [0.25, 0.3) is 11.3 Å². The second-order valence-electron chi connectivity index (χ2n) is 6.84. The van der Waals surface area contributed by atoms with E-state index in [1.807, 2.05) is 48.2 Å². The smallest absolute Gasteiger partial charge is 0.231 e. The Balaban J connectivity index is 1.53. The van der Waals surface area contributed by atoms with Crippen LogP contribution in [-0.4, -0.2) is 31.8 Å². The monoisotopic (exact) mass is 378 g/mol. The molecule has 1 aromatic heterocycles. The maximum absolute atomic E-state index is 12.9. The van der Waals surface area contributed by atoms with Crippen LogP contribution >= 0.6 is 0 Å². The molecule has 1 aliphatic rings. The first-order valence-corrected chi connectivity index (χ1v) is 9.17. The van der Waals surface area contributed by atoms with Gasteiger partial charge in [-0.25, -0.2) is 0 Å². The van der Waals surface area contributed by atoms with Crippen molar-refractivity contribution in [3.05, 3.63) is 59.3 Å². The predicted molar refractivity (Wildman–Crippen MR) is 106 cm³/mol. The van der Waals surface area contributed by atoms with E-state index < -0.39 is 0 Å². The predicted octanol–water partition coefficient (Wildman–Crippen LogP) is 3.80. The number of ether oxygens (including phenoxy) is 2. The number of methoxy groups -OCH3 is 2. The van der Waals surface area contributed by atoms with Crippen LogP contribution in [0.5, 0.6) is 11.5 Å². The Bertz CT molecular complexity index is 1030. The lowest BCUT2D eigenvalue weighted by atomic mass is 10.1. The van der Waals surface area contributed by atoms with Gasteiger partial charge in [0, 0.05) is 23.9 Å². The molecule has 6 nitrogen and oxygen atoms in total. The maximum atomic E-state index is 12.9. The van der Waals surface area contributed by atoms with Crippen LogP contribution in [0.1, 0.15) is 16.8 Å². The van der Waals surface area contributed by atoms with Gasteiger partial charge in [0.25, 0.3) is 0 Å². The van der Waals surface area contributed by atoms with E-state index in [1.165, 1.54) is 0 Å². The average Bonchev–Trinajstić information content (AvgIpc) is 3.33. The van der Waals surface area contributed by atoms with Gasteiger partial charge in [-0.2, -0.15) is 0 Å². The molecule has 2 aromatic carbocycles. The topological polar surface area (TPSA) is 64.8 Å². The fourth-order valence-electron chi connectivity index (χ4n) is 3.57. The molecule has 6 heteroatoms. The van der Waals surface area contributed by atoms with E-state index in [0.29, 0.717) is 24.5 Å². The highest BCUT2D eigenvalue weighted by molar-refractivity contribution is 5.97. The molecule has 4 rings (SSSR count). The van der Waals surface area contributed by atoms with Crippen molar-refractivity contribution in [1.29, 1.82) is 0 Å². The van der Waals surface area contributed by atoms with Gasteiger partial charge in [-0.05, 0) is 54.8 Å². The molecule has 1 aliphatic heterocycles. The number of nitrogens with zero attached hydrogens (tertiary/aromatic N) is 2. The van der Waals surface area contributed by atoms with Crippen LogP contribution in [0.3, 0.4) is 0 Å². The Morgan fingerprint density at radius 2 is 1.93 bits per heavy atom. The molecule has 0 spiro atoms. The fourth-order valence-corrected chi connectivity index (χ4v) is 3.57. The van der Waals surface area contributed by atoms with Gasteiger partial charge in [0.05, 0.1) is 26.3 Å². The van der Waals surface area contributed by atoms with Crippen molar-refractivity contribution in [3.63, 3.8) is 0 Å². The molecule has 0 saturated carbocycles. The second-order valence-corrected chi connectivity index (χ2v) is 6.84. The average molecular weight is 378 g/mol. The van der Waals surface area contributed by atoms with Gasteiger partial charge < -0.3 is 18.9 Å². The Morgan fingerprint density at radius 3 is 2.64 bits per heavy atom. The zero-order chi connectivity index (χ0) is 19.7. The highest BCUT2D eigenvalue weighted by Crippen LogP contribution is 2.33. The summed E-state index contributed by atoms with van der Waals surface area (Å²) in [5.41, 5.74) is 4.83. The highest BCUT2D eigenvalue weighted by atomic mass is 16.5. The molecule has 0 bridgehead atoms. The SMILES string of the molecule is COc1ccc(CC(=O)N2CCc3cc(-c4cc(C)no4)ccc32)cc1OC. The van der Waals surface area contributed by atoms with Gasteiger partial charge in [0.15, 0.2) is 17.3 Å². The Labute approximate surface area is 163 Å². The summed E-state index contributed by atoms with van der Waals surface area (Å²) in [6.45, 7) is 2.58. The van der Waals surface area contributed by atoms with Gasteiger partial charge in [-0.15, -0.1) is 0 Å². The van der Waals surface area contributed by atoms with Crippen molar-refractivity contribution in [2.24, 2.45) is 0 Å². The minimum atomic E-state index is 0.0641. The van der Waals surface area contributed by atoms with E-state index in [0.717, 1.165) is 40.3 Å². The molecule has 0 atom stereocenters. The number of rotatable bonds is 5. The number of aryl methyl sites for hydroxylation is 1. The van der Waals surface area contributed by atoms with E-state index in [1.54, 1.807) is 14.2 Å². The lowest BCUT2D eigenvalue weighted by Gasteiger charge is -2.18. The first-order chi connectivity index (χ1) is 13.6. The summed E-state index contributed by atoms with van der Waals surface area (Å²) in [5, 5.41) is 3.94. The summed E-state index contributed by atoms with van der Waals surface area (Å²) in [4.78, 5) is 14.8. The lowest BCUT2D eigenvalue weighted by molar-refractivity contribution is -0.117. The third kappa shape index (κ3) is 3.33. The fraction of sp³-hybridized carbons (Fsp3) is 0.273. The molecule has 28 heavy (non-hydrogen) atoms. The zero-order valence-electron chi connectivity index (χ0n) is 16.2. The van der Waals surface area contributed by atoms with Crippen LogP contribution in [0.4, 0.5) is 5.69 Å². The van der Waals surface area contributed by atoms with E-state index in [4.69, 9.17) is 14.0 Å². The van der Waals surface area contributed by atoms with E-state index in [-0.39, 0.29) is 5.91 Å². The summed E-state index contributed by atoms with van der Waals surface area (Å²) >= 11 is 0. The Hall–Kier alpha value is -3.28. The number of amides is 1. The van der Waals surface area contributed by atoms with Crippen LogP contribution in [0, 0.1) is 6.92 Å². The minimum absolute atomic E-state index is 0.0641. The number of hydrogen-bond acceptors (Lipinski definition) is 5. The molecule has 1 amide bonds. The van der Waals surface area contributed by atoms with Crippen LogP contribution in [-0.2, 0) is 17.6 Å². The van der Waals surface area contributed by atoms with Crippen molar-refractivity contribution >= 4 is 11.6 Å². The number of anilines is 1. The lowest BCUT2D eigenvalue weighted by Crippen LogP contribution is -2.30. The summed E-state index contributed by atoms with van der Waals surface area (Å²) in [6, 6.07) is 13.5. The molecular formula is C22H22N2O4. The van der Waals surface area contributed by atoms with Gasteiger partial charge in [0.1, 0.15) is 0 Å². The van der Waals surface area contributed by atoms with Gasteiger partial charge in [-0.1, -0.05) is 11.2 Å². The third-order valence-electron chi connectivity index (χ3n) is 4.99. The van der Waals surface area contributed by atoms with Crippen molar-refractivity contribution < 1.29 is 18.8 Å². The quantitative estimate of drug-likeness (QED) is 0.676. The Morgan fingerprint density at radius 1 is 1.11 bits per heavy atom. The molecule has 144 valence electrons. The normalized spacial score (nSPS) is 12.8. The number of fused-ring (bicyclic) bond motifs is 1. The first kappa shape index (κ1) is 18.1. The largest absolute Gasteiger partial charge is 0.493 e. The molecule has 3 aromatic rings. The number of carbonyl (C=O) groups is 1. The van der Waals surface area contributed by atoms with Crippen molar-refractivity contribution in [2.75, 3.05) is 25.7 Å². The third-order valence-corrected chi connectivity index (χ3v) is 4.99. The van der Waals surface area contributed by atoms with E-state index in [2.05, 4.69) is 11.2 Å². The molecule has 0 unspecified atom stereocenters. The van der Waals surface area contributed by atoms with Crippen LogP contribution in [0.2, 0.25) is 0 Å². The number of aromatic nitrogens is 1. The van der Waals surface area contributed by atoms with Crippen molar-refractivity contribution in [2.45, 2.75) is 19.8 Å². The minimum Gasteiger partial charge on any atom is -0.493 e. The molecule has 0 N–H and O–H groups in total. The zero-order valence-corrected chi connectivity index (χ0v) is 16.2. The maximum Gasteiger partial charge on any atom is 0.231 e. The summed E-state index contributed by atoms with van der Waals surface area (Å²) in [6.07, 6.45) is 1.14. The van der Waals surface area contributed by atoms with Gasteiger partial charge in [0.2, 0.25) is 5.91 Å². The Kier molecular flexibility index (Phi) is 4.77. The molecule has 0 saturated heterocycles. The molecule has 0 aliphatic carbocycles. The first-order valence-electron chi connectivity index (χ1n) is 9.17. The van der Waals surface area contributed by atoms with E-state index in [9.17, 15) is 4.79 Å². The molecule has 0 fully saturated rings. The van der Waals surface area contributed by atoms with Crippen molar-refractivity contribution in [3.8, 4) is 22.8 Å². The summed E-state index contributed by atoms with van der Waals surface area (Å²) in [5.74, 6) is 2.09. The summed E-state index contributed by atoms with van der Waals surface area (Å²) < 4.78 is 15.9. The van der Waals surface area contributed by atoms with E-state index >= 15 is 0 Å². The highest BCUT2D eigenvalue weighted by Gasteiger charge is 2.25. The number of benzene rings is 2. The van der Waals surface area contributed by atoms with Gasteiger partial charge >= 0.3 is 0 Å². The van der Waals surface area contributed by atoms with Crippen molar-refractivity contribution in [1.82, 2.24) is 5.16 Å². The standard InChI is InChI=1S/C22H22N2O4/c1-14-10-20(28-23-14)17-5-6-18-16(13-17)8-9-24(18)22(25)12-15-4-7-19(26-2)21(11-15)27-3/h4-7,10-11,13H,8-9,12H2,1-3H3. The van der Waals surface area contributed by atoms with Crippen LogP contribution in [0.15, 0.2) is 47.0 Å². The molecule has 2 heterocycles. The molecule has 0 radical (unpaired) electrons.